The summed E-state index contributed by atoms with van der Waals surface area (Å²) < 4.78 is 0.812. The molecule has 0 aliphatic rings. The van der Waals surface area contributed by atoms with Gasteiger partial charge in [-0.2, -0.15) is 0 Å². The summed E-state index contributed by atoms with van der Waals surface area (Å²) in [6.45, 7) is 0. The fourth-order valence-corrected chi connectivity index (χ4v) is 1.10. The number of H-pyrrole nitrogens is 1. The Bertz CT molecular complexity index is 364. The molecule has 0 saturated heterocycles. The van der Waals surface area contributed by atoms with Crippen molar-refractivity contribution in [2.45, 2.75) is 0 Å². The fourth-order valence-electron chi connectivity index (χ4n) is 0.799. The van der Waals surface area contributed by atoms with Gasteiger partial charge in [0.05, 0.1) is 11.8 Å². The SMILES string of the molecule is Brc1ccc2[nH]cnc2n1.[Am].[Y]. The zero-order valence-electron chi connectivity index (χ0n) is 5.96. The summed E-state index contributed by atoms with van der Waals surface area (Å²) in [6.07, 6.45) is 1.63. The summed E-state index contributed by atoms with van der Waals surface area (Å²) in [5.41, 5.74) is 1.71. The first kappa shape index (κ1) is 12.6. The van der Waals surface area contributed by atoms with Gasteiger partial charge in [0, 0.05) is 47.0 Å². The monoisotopic (exact) mass is 527 g/mol. The minimum atomic E-state index is 0. The summed E-state index contributed by atoms with van der Waals surface area (Å²) in [5, 5.41) is 0. The second-order valence-electron chi connectivity index (χ2n) is 1.91. The Hall–Kier alpha value is 0.594. The molecule has 0 bridgehead atoms. The van der Waals surface area contributed by atoms with E-state index in [4.69, 9.17) is 0 Å². The van der Waals surface area contributed by atoms with E-state index in [2.05, 4.69) is 30.9 Å². The van der Waals surface area contributed by atoms with Crippen LogP contribution >= 0.6 is 15.9 Å². The van der Waals surface area contributed by atoms with Crippen molar-refractivity contribution in [3.8, 4) is 0 Å². The standard InChI is InChI=1S/C6H4BrN3.Am.Y/c7-5-2-1-4-6(10-5)9-3-8-4;;/h1-3H,(H,8,9,10);;. The van der Waals surface area contributed by atoms with Crippen LogP contribution in [0.25, 0.3) is 11.2 Å². The molecule has 0 aromatic carbocycles. The molecule has 60 valence electrons. The van der Waals surface area contributed by atoms with Crippen molar-refractivity contribution in [3.05, 3.63) is 23.1 Å². The smallest absolute Gasteiger partial charge is 0.178 e. The van der Waals surface area contributed by atoms with Gasteiger partial charge in [-0.15, -0.1) is 0 Å². The molecule has 1 N–H and O–H groups in total. The van der Waals surface area contributed by atoms with Gasteiger partial charge in [-0.3, -0.25) is 0 Å². The predicted molar refractivity (Wildman–Crippen MR) is 41.6 cm³/mol. The van der Waals surface area contributed by atoms with Crippen molar-refractivity contribution in [2.24, 2.45) is 0 Å². The number of imidazole rings is 1. The van der Waals surface area contributed by atoms with Crippen LogP contribution in [0.1, 0.15) is 0 Å². The summed E-state index contributed by atoms with van der Waals surface area (Å²) >= 11 is 3.25. The number of halogens is 1. The van der Waals surface area contributed by atoms with Crippen LogP contribution in [0.2, 0.25) is 0 Å². The van der Waals surface area contributed by atoms with E-state index in [1.807, 2.05) is 12.1 Å². The van der Waals surface area contributed by atoms with Crippen molar-refractivity contribution < 1.29 is 47.0 Å². The van der Waals surface area contributed by atoms with Crippen molar-refractivity contribution in [1.82, 2.24) is 15.0 Å². The van der Waals surface area contributed by atoms with Crippen molar-refractivity contribution in [3.63, 3.8) is 0 Å². The normalized spacial score (nSPS) is 8.75. The molecule has 0 atom stereocenters. The van der Waals surface area contributed by atoms with E-state index in [1.54, 1.807) is 6.33 Å². The Kier molecular flexibility index (Phi) is 5.62. The largest absolute Gasteiger partial charge is 0.343 e. The van der Waals surface area contributed by atoms with E-state index in [0.717, 1.165) is 15.8 Å². The minimum Gasteiger partial charge on any atom is -0.343 e. The molecule has 6 heteroatoms. The second kappa shape index (κ2) is 5.35. The number of aromatic nitrogens is 3. The third-order valence-electron chi connectivity index (χ3n) is 1.25. The van der Waals surface area contributed by atoms with E-state index in [1.165, 1.54) is 0 Å². The van der Waals surface area contributed by atoms with E-state index < -0.39 is 0 Å². The zero-order valence-corrected chi connectivity index (χ0v) is 13.5. The first-order valence-corrected chi connectivity index (χ1v) is 3.61. The quantitative estimate of drug-likeness (QED) is 0.528. The zero-order chi connectivity index (χ0) is 6.97. The van der Waals surface area contributed by atoms with Crippen LogP contribution in [-0.4, -0.2) is 15.0 Å². The van der Waals surface area contributed by atoms with Crippen molar-refractivity contribution in [1.29, 1.82) is 0 Å². The molecule has 2 radical (unpaired) electrons. The van der Waals surface area contributed by atoms with Gasteiger partial charge in [0.15, 0.2) is 5.65 Å². The molecule has 2 rings (SSSR count). The first-order valence-electron chi connectivity index (χ1n) is 2.82. The summed E-state index contributed by atoms with van der Waals surface area (Å²) in [6, 6.07) is 3.81. The first-order chi connectivity index (χ1) is 4.86. The molecule has 0 saturated carbocycles. The van der Waals surface area contributed by atoms with Crippen LogP contribution in [0, 0.1) is 14.3 Å². The van der Waals surface area contributed by atoms with Gasteiger partial charge in [0.2, 0.25) is 0 Å². The molecule has 0 aliphatic heterocycles. The maximum absolute atomic E-state index is 4.11. The minimum absolute atomic E-state index is 0. The van der Waals surface area contributed by atoms with Crippen LogP contribution in [-0.2, 0) is 32.7 Å². The maximum Gasteiger partial charge on any atom is 0.178 e. The topological polar surface area (TPSA) is 41.6 Å². The number of nitrogens with one attached hydrogen (secondary N) is 1. The van der Waals surface area contributed by atoms with Crippen LogP contribution < -0.4 is 0 Å². The number of pyridine rings is 1. The third kappa shape index (κ3) is 2.54. The fraction of sp³-hybridized carbons (Fsp3) is 0. The van der Waals surface area contributed by atoms with Crippen LogP contribution in [0.15, 0.2) is 23.1 Å². The number of rotatable bonds is 0. The molecule has 2 heterocycles. The molecule has 0 amide bonds. The van der Waals surface area contributed by atoms with E-state index in [0.29, 0.717) is 0 Å². The van der Waals surface area contributed by atoms with E-state index >= 15 is 0 Å². The summed E-state index contributed by atoms with van der Waals surface area (Å²) in [5.74, 6) is 0. The molecule has 12 heavy (non-hydrogen) atoms. The van der Waals surface area contributed by atoms with Gasteiger partial charge in [-0.25, -0.2) is 9.97 Å². The average molecular weight is 530 g/mol. The Morgan fingerprint density at radius 1 is 1.33 bits per heavy atom. The molecule has 2 aromatic heterocycles. The second-order valence-corrected chi connectivity index (χ2v) is 2.72. The number of hydrogen-bond donors (Lipinski definition) is 1. The average Bonchev–Trinajstić information content (AvgIpc) is 2.33. The summed E-state index contributed by atoms with van der Waals surface area (Å²) in [4.78, 5) is 11.0. The van der Waals surface area contributed by atoms with Crippen molar-refractivity contribution >= 4 is 27.1 Å². The predicted octanol–water partition coefficient (Wildman–Crippen LogP) is 1.72. The molecule has 2 aromatic rings. The van der Waals surface area contributed by atoms with Gasteiger partial charge in [0.1, 0.15) is 4.60 Å². The Labute approximate surface area is 111 Å². The molecule has 0 aliphatic carbocycles. The molecule has 0 fully saturated rings. The van der Waals surface area contributed by atoms with Gasteiger partial charge in [-0.1, -0.05) is 0 Å². The van der Waals surface area contributed by atoms with Crippen LogP contribution in [0.4, 0.5) is 0 Å². The number of nitrogens with zero attached hydrogens (tertiary/aromatic N) is 2. The Morgan fingerprint density at radius 2 is 2.08 bits per heavy atom. The van der Waals surface area contributed by atoms with Crippen molar-refractivity contribution in [2.75, 3.05) is 0 Å². The number of fused-ring (bicyclic) bond motifs is 1. The van der Waals surface area contributed by atoms with Gasteiger partial charge < -0.3 is 4.98 Å². The number of hydrogen-bond acceptors (Lipinski definition) is 2. The Balaban J connectivity index is 0.000000605. The van der Waals surface area contributed by atoms with Gasteiger partial charge in [-0.05, 0) is 28.1 Å². The van der Waals surface area contributed by atoms with Crippen LogP contribution in [0.3, 0.4) is 0 Å². The molecular formula is C6H4AmBrN3Y. The van der Waals surface area contributed by atoms with E-state index in [9.17, 15) is 0 Å². The molecule has 3 nitrogen and oxygen atoms in total. The van der Waals surface area contributed by atoms with Gasteiger partial charge >= 0.3 is 0 Å². The van der Waals surface area contributed by atoms with E-state index in [-0.39, 0.29) is 47.0 Å². The third-order valence-corrected chi connectivity index (χ3v) is 1.69. The summed E-state index contributed by atoms with van der Waals surface area (Å²) in [7, 11) is 0. The molecule has 0 spiro atoms. The number of aromatic amines is 1. The Morgan fingerprint density at radius 3 is 2.83 bits per heavy atom. The molecular weight excluding hydrogens is 526 g/mol. The van der Waals surface area contributed by atoms with Crippen LogP contribution in [0.5, 0.6) is 0 Å². The maximum atomic E-state index is 4.11. The molecule has 0 unspecified atom stereocenters. The van der Waals surface area contributed by atoms with Gasteiger partial charge in [0.25, 0.3) is 0 Å².